The van der Waals surface area contributed by atoms with Gasteiger partial charge in [-0.15, -0.1) is 11.3 Å². The zero-order chi connectivity index (χ0) is 9.97. The zero-order valence-corrected chi connectivity index (χ0v) is 9.44. The van der Waals surface area contributed by atoms with Crippen molar-refractivity contribution in [2.45, 2.75) is 26.3 Å². The van der Waals surface area contributed by atoms with E-state index in [1.807, 2.05) is 0 Å². The normalized spacial score (nSPS) is 27.8. The number of thiazole rings is 1. The lowest BCUT2D eigenvalue weighted by Crippen LogP contribution is -3.12. The molecule has 2 heterocycles. The van der Waals surface area contributed by atoms with E-state index >= 15 is 0 Å². The Morgan fingerprint density at radius 1 is 1.71 bits per heavy atom. The molecule has 0 aromatic carbocycles. The van der Waals surface area contributed by atoms with Gasteiger partial charge in [0, 0.05) is 11.3 Å². The molecule has 4 heteroatoms. The SMILES string of the molecule is C[C@@H]1CCC[NH+](Cc2csc(N)n2)C1. The Balaban J connectivity index is 1.90. The number of nitrogens with zero attached hydrogens (tertiary/aromatic N) is 1. The number of hydrogen-bond donors (Lipinski definition) is 2. The lowest BCUT2D eigenvalue weighted by molar-refractivity contribution is -0.922. The van der Waals surface area contributed by atoms with Crippen LogP contribution in [0.15, 0.2) is 5.38 Å². The van der Waals surface area contributed by atoms with Crippen molar-refractivity contribution in [2.24, 2.45) is 5.92 Å². The average molecular weight is 212 g/mol. The summed E-state index contributed by atoms with van der Waals surface area (Å²) >= 11 is 1.55. The number of anilines is 1. The Kier molecular flexibility index (Phi) is 3.03. The van der Waals surface area contributed by atoms with Crippen molar-refractivity contribution in [2.75, 3.05) is 18.8 Å². The van der Waals surface area contributed by atoms with Crippen LogP contribution in [-0.4, -0.2) is 18.1 Å². The molecule has 3 N–H and O–H groups in total. The van der Waals surface area contributed by atoms with Crippen LogP contribution in [0.3, 0.4) is 0 Å². The lowest BCUT2D eigenvalue weighted by Gasteiger charge is -2.27. The lowest BCUT2D eigenvalue weighted by atomic mass is 10.0. The van der Waals surface area contributed by atoms with Gasteiger partial charge in [0.25, 0.3) is 0 Å². The van der Waals surface area contributed by atoms with Gasteiger partial charge in [0.15, 0.2) is 5.13 Å². The first-order chi connectivity index (χ1) is 6.74. The van der Waals surface area contributed by atoms with Gasteiger partial charge in [0.1, 0.15) is 12.2 Å². The van der Waals surface area contributed by atoms with Crippen molar-refractivity contribution in [3.05, 3.63) is 11.1 Å². The second kappa shape index (κ2) is 4.28. The molecule has 2 atom stereocenters. The van der Waals surface area contributed by atoms with Gasteiger partial charge in [-0.2, -0.15) is 0 Å². The van der Waals surface area contributed by atoms with E-state index in [1.54, 1.807) is 16.2 Å². The molecule has 0 bridgehead atoms. The number of nitrogen functional groups attached to an aromatic ring is 1. The number of nitrogens with one attached hydrogen (secondary N) is 1. The molecule has 1 aromatic heterocycles. The van der Waals surface area contributed by atoms with Crippen molar-refractivity contribution < 1.29 is 4.90 Å². The predicted molar refractivity (Wildman–Crippen MR) is 59.3 cm³/mol. The summed E-state index contributed by atoms with van der Waals surface area (Å²) in [7, 11) is 0. The average Bonchev–Trinajstić information content (AvgIpc) is 2.51. The van der Waals surface area contributed by atoms with Crippen LogP contribution in [0.4, 0.5) is 5.13 Å². The quantitative estimate of drug-likeness (QED) is 0.751. The Morgan fingerprint density at radius 3 is 3.21 bits per heavy atom. The molecule has 3 nitrogen and oxygen atoms in total. The van der Waals surface area contributed by atoms with Gasteiger partial charge in [0.05, 0.1) is 13.1 Å². The summed E-state index contributed by atoms with van der Waals surface area (Å²) < 4.78 is 0. The summed E-state index contributed by atoms with van der Waals surface area (Å²) in [6, 6.07) is 0. The van der Waals surface area contributed by atoms with Gasteiger partial charge in [-0.25, -0.2) is 4.98 Å². The third-order valence-corrected chi connectivity index (χ3v) is 3.59. The molecular weight excluding hydrogens is 194 g/mol. The minimum absolute atomic E-state index is 0.699. The van der Waals surface area contributed by atoms with E-state index in [0.29, 0.717) is 5.13 Å². The van der Waals surface area contributed by atoms with Crippen LogP contribution in [0.25, 0.3) is 0 Å². The van der Waals surface area contributed by atoms with E-state index in [2.05, 4.69) is 17.3 Å². The van der Waals surface area contributed by atoms with Crippen LogP contribution in [0, 0.1) is 5.92 Å². The van der Waals surface area contributed by atoms with E-state index < -0.39 is 0 Å². The molecule has 0 spiro atoms. The molecule has 2 rings (SSSR count). The number of hydrogen-bond acceptors (Lipinski definition) is 3. The van der Waals surface area contributed by atoms with E-state index in [-0.39, 0.29) is 0 Å². The molecule has 0 aliphatic carbocycles. The summed E-state index contributed by atoms with van der Waals surface area (Å²) in [5, 5.41) is 2.78. The molecule has 1 unspecified atom stereocenters. The maximum atomic E-state index is 5.61. The van der Waals surface area contributed by atoms with E-state index in [9.17, 15) is 0 Å². The second-order valence-corrected chi connectivity index (χ2v) is 5.20. The van der Waals surface area contributed by atoms with Crippen LogP contribution < -0.4 is 10.6 Å². The van der Waals surface area contributed by atoms with Crippen LogP contribution in [0.1, 0.15) is 25.5 Å². The first-order valence-corrected chi connectivity index (χ1v) is 6.15. The highest BCUT2D eigenvalue weighted by Gasteiger charge is 2.20. The van der Waals surface area contributed by atoms with Gasteiger partial charge in [0.2, 0.25) is 0 Å². The van der Waals surface area contributed by atoms with Crippen molar-refractivity contribution in [3.8, 4) is 0 Å². The van der Waals surface area contributed by atoms with Crippen molar-refractivity contribution in [3.63, 3.8) is 0 Å². The van der Waals surface area contributed by atoms with Gasteiger partial charge in [-0.1, -0.05) is 6.92 Å². The smallest absolute Gasteiger partial charge is 0.180 e. The Bertz CT molecular complexity index is 297. The molecule has 1 aromatic rings. The molecule has 1 aliphatic heterocycles. The highest BCUT2D eigenvalue weighted by Crippen LogP contribution is 2.10. The Labute approximate surface area is 88.9 Å². The standard InChI is InChI=1S/C10H17N3S/c1-8-3-2-4-13(5-8)6-9-7-14-10(11)12-9/h7-8H,2-6H2,1H3,(H2,11,12)/p+1/t8-/m1/s1. The van der Waals surface area contributed by atoms with Crippen LogP contribution >= 0.6 is 11.3 Å². The van der Waals surface area contributed by atoms with Gasteiger partial charge in [-0.3, -0.25) is 0 Å². The zero-order valence-electron chi connectivity index (χ0n) is 8.62. The predicted octanol–water partition coefficient (Wildman–Crippen LogP) is 0.540. The number of nitrogens with two attached hydrogens (primary N) is 1. The molecular formula is C10H18N3S+. The molecule has 0 saturated carbocycles. The number of likely N-dealkylation sites (tertiary alicyclic amines) is 1. The number of piperidine rings is 1. The number of rotatable bonds is 2. The fourth-order valence-electron chi connectivity index (χ4n) is 2.22. The van der Waals surface area contributed by atoms with Crippen LogP contribution in [0.2, 0.25) is 0 Å². The third-order valence-electron chi connectivity index (χ3n) is 2.87. The Morgan fingerprint density at radius 2 is 2.57 bits per heavy atom. The first-order valence-electron chi connectivity index (χ1n) is 5.27. The summed E-state index contributed by atoms with van der Waals surface area (Å²) in [5.74, 6) is 0.870. The molecule has 78 valence electrons. The highest BCUT2D eigenvalue weighted by atomic mass is 32.1. The maximum absolute atomic E-state index is 5.61. The van der Waals surface area contributed by atoms with Crippen molar-refractivity contribution in [1.29, 1.82) is 0 Å². The number of quaternary nitrogens is 1. The number of aromatic nitrogens is 1. The monoisotopic (exact) mass is 212 g/mol. The third kappa shape index (κ3) is 2.45. The molecule has 0 radical (unpaired) electrons. The van der Waals surface area contributed by atoms with Crippen molar-refractivity contribution >= 4 is 16.5 Å². The fraction of sp³-hybridized carbons (Fsp3) is 0.700. The topological polar surface area (TPSA) is 43.4 Å². The van der Waals surface area contributed by atoms with Crippen LogP contribution in [-0.2, 0) is 6.54 Å². The minimum atomic E-state index is 0.699. The largest absolute Gasteiger partial charge is 0.375 e. The molecule has 0 amide bonds. The van der Waals surface area contributed by atoms with Gasteiger partial charge >= 0.3 is 0 Å². The highest BCUT2D eigenvalue weighted by molar-refractivity contribution is 7.13. The van der Waals surface area contributed by atoms with Gasteiger partial charge < -0.3 is 10.6 Å². The summed E-state index contributed by atoms with van der Waals surface area (Å²) in [6.45, 7) is 5.98. The summed E-state index contributed by atoms with van der Waals surface area (Å²) in [6.07, 6.45) is 2.75. The fourth-order valence-corrected chi connectivity index (χ4v) is 2.78. The molecule has 1 fully saturated rings. The first kappa shape index (κ1) is 9.93. The second-order valence-electron chi connectivity index (χ2n) is 4.31. The van der Waals surface area contributed by atoms with E-state index in [0.717, 1.165) is 18.2 Å². The maximum Gasteiger partial charge on any atom is 0.180 e. The van der Waals surface area contributed by atoms with E-state index in [4.69, 9.17) is 5.73 Å². The molecule has 14 heavy (non-hydrogen) atoms. The van der Waals surface area contributed by atoms with Gasteiger partial charge in [-0.05, 0) is 12.8 Å². The summed E-state index contributed by atoms with van der Waals surface area (Å²) in [4.78, 5) is 5.97. The molecule has 1 aliphatic rings. The van der Waals surface area contributed by atoms with Crippen molar-refractivity contribution in [1.82, 2.24) is 4.98 Å². The summed E-state index contributed by atoms with van der Waals surface area (Å²) in [5.41, 5.74) is 6.77. The molecule has 1 saturated heterocycles. The minimum Gasteiger partial charge on any atom is -0.375 e. The van der Waals surface area contributed by atoms with E-state index in [1.165, 1.54) is 25.9 Å². The Hall–Kier alpha value is -0.610. The van der Waals surface area contributed by atoms with Crippen LogP contribution in [0.5, 0.6) is 0 Å².